The summed E-state index contributed by atoms with van der Waals surface area (Å²) in [6, 6.07) is 9.06. The van der Waals surface area contributed by atoms with Crippen LogP contribution in [0.1, 0.15) is 40.7 Å². The highest BCUT2D eigenvalue weighted by molar-refractivity contribution is 7.17. The Morgan fingerprint density at radius 2 is 2.00 bits per heavy atom. The lowest BCUT2D eigenvalue weighted by molar-refractivity contribution is 0.121. The van der Waals surface area contributed by atoms with E-state index in [0.29, 0.717) is 11.9 Å². The number of nitrogens with zero attached hydrogens (tertiary/aromatic N) is 5. The molecule has 3 aromatic rings. The van der Waals surface area contributed by atoms with Gasteiger partial charge in [0, 0.05) is 6.04 Å². The SMILES string of the molecule is Cc1cccc(C(c2sc3nc(C)nn3c2O)N(C)C2CCN(C)CC2)c1. The Hall–Kier alpha value is -1.96. The highest BCUT2D eigenvalue weighted by Crippen LogP contribution is 2.41. The van der Waals surface area contributed by atoms with Gasteiger partial charge < -0.3 is 10.0 Å². The van der Waals surface area contributed by atoms with E-state index >= 15 is 0 Å². The standard InChI is InChI=1S/C20H27N5OS/c1-13-6-5-7-15(12-13)17(24(4)16-8-10-23(3)11-9-16)18-19(26)25-20(27-18)21-14(2)22-25/h5-7,12,16-17,26H,8-11H2,1-4H3. The zero-order valence-electron chi connectivity index (χ0n) is 16.4. The van der Waals surface area contributed by atoms with Gasteiger partial charge in [0.1, 0.15) is 5.82 Å². The highest BCUT2D eigenvalue weighted by atomic mass is 32.1. The molecule has 1 unspecified atom stereocenters. The molecule has 1 aromatic carbocycles. The molecule has 27 heavy (non-hydrogen) atoms. The maximum absolute atomic E-state index is 10.9. The molecule has 0 saturated carbocycles. The van der Waals surface area contributed by atoms with E-state index in [0.717, 1.165) is 35.8 Å². The van der Waals surface area contributed by atoms with E-state index in [2.05, 4.69) is 65.2 Å². The van der Waals surface area contributed by atoms with Gasteiger partial charge in [0.15, 0.2) is 0 Å². The van der Waals surface area contributed by atoms with E-state index in [9.17, 15) is 5.11 Å². The summed E-state index contributed by atoms with van der Waals surface area (Å²) in [6.07, 6.45) is 2.27. The summed E-state index contributed by atoms with van der Waals surface area (Å²) >= 11 is 1.53. The molecule has 0 spiro atoms. The average molecular weight is 386 g/mol. The van der Waals surface area contributed by atoms with Crippen molar-refractivity contribution in [1.82, 2.24) is 24.4 Å². The Morgan fingerprint density at radius 1 is 1.26 bits per heavy atom. The van der Waals surface area contributed by atoms with Gasteiger partial charge >= 0.3 is 0 Å². The molecule has 0 amide bonds. The third kappa shape index (κ3) is 3.47. The fourth-order valence-corrected chi connectivity index (χ4v) is 5.23. The molecule has 1 fully saturated rings. The van der Waals surface area contributed by atoms with Crippen molar-refractivity contribution in [3.63, 3.8) is 0 Å². The van der Waals surface area contributed by atoms with Gasteiger partial charge in [-0.15, -0.1) is 5.10 Å². The molecule has 1 N–H and O–H groups in total. The van der Waals surface area contributed by atoms with Crippen molar-refractivity contribution in [3.8, 4) is 5.88 Å². The van der Waals surface area contributed by atoms with E-state index in [4.69, 9.17) is 0 Å². The van der Waals surface area contributed by atoms with Crippen LogP contribution in [0.2, 0.25) is 0 Å². The minimum absolute atomic E-state index is 0.00730. The summed E-state index contributed by atoms with van der Waals surface area (Å²) in [5, 5.41) is 15.3. The van der Waals surface area contributed by atoms with E-state index in [1.165, 1.54) is 22.5 Å². The summed E-state index contributed by atoms with van der Waals surface area (Å²) in [5.74, 6) is 0.890. The van der Waals surface area contributed by atoms with Crippen molar-refractivity contribution in [3.05, 3.63) is 46.1 Å². The molecule has 2 aromatic heterocycles. The van der Waals surface area contributed by atoms with Crippen molar-refractivity contribution >= 4 is 16.3 Å². The minimum atomic E-state index is -0.00730. The first kappa shape index (κ1) is 18.4. The monoisotopic (exact) mass is 385 g/mol. The van der Waals surface area contributed by atoms with Crippen LogP contribution in [0, 0.1) is 13.8 Å². The molecule has 144 valence electrons. The predicted molar refractivity (Wildman–Crippen MR) is 109 cm³/mol. The van der Waals surface area contributed by atoms with Gasteiger partial charge in [0.25, 0.3) is 0 Å². The topological polar surface area (TPSA) is 56.9 Å². The largest absolute Gasteiger partial charge is 0.492 e. The Kier molecular flexibility index (Phi) is 4.92. The van der Waals surface area contributed by atoms with Crippen molar-refractivity contribution in [2.24, 2.45) is 0 Å². The summed E-state index contributed by atoms with van der Waals surface area (Å²) < 4.78 is 1.57. The minimum Gasteiger partial charge on any atom is -0.492 e. The van der Waals surface area contributed by atoms with Crippen molar-refractivity contribution < 1.29 is 5.11 Å². The molecule has 0 radical (unpaired) electrons. The number of likely N-dealkylation sites (tertiary alicyclic amines) is 1. The Labute approximate surface area is 164 Å². The molecular weight excluding hydrogens is 358 g/mol. The summed E-state index contributed by atoms with van der Waals surface area (Å²) in [4.78, 5) is 10.9. The summed E-state index contributed by atoms with van der Waals surface area (Å²) in [5.41, 5.74) is 2.43. The number of benzene rings is 1. The first-order chi connectivity index (χ1) is 12.9. The number of aromatic nitrogens is 3. The molecule has 1 aliphatic heterocycles. The fraction of sp³-hybridized carbons (Fsp3) is 0.500. The van der Waals surface area contributed by atoms with Gasteiger partial charge in [0.2, 0.25) is 10.8 Å². The zero-order chi connectivity index (χ0) is 19.1. The van der Waals surface area contributed by atoms with Gasteiger partial charge in [-0.1, -0.05) is 41.2 Å². The van der Waals surface area contributed by atoms with Gasteiger partial charge in [-0.3, -0.25) is 4.90 Å². The van der Waals surface area contributed by atoms with Crippen molar-refractivity contribution in [2.45, 2.75) is 38.8 Å². The van der Waals surface area contributed by atoms with Crippen LogP contribution in [0.4, 0.5) is 0 Å². The van der Waals surface area contributed by atoms with E-state index in [1.807, 2.05) is 6.92 Å². The second kappa shape index (κ2) is 7.22. The summed E-state index contributed by atoms with van der Waals surface area (Å²) in [7, 11) is 4.37. The molecule has 1 atom stereocenters. The van der Waals surface area contributed by atoms with E-state index < -0.39 is 0 Å². The predicted octanol–water partition coefficient (Wildman–Crippen LogP) is 3.23. The number of hydrogen-bond donors (Lipinski definition) is 1. The Morgan fingerprint density at radius 3 is 2.67 bits per heavy atom. The fourth-order valence-electron chi connectivity index (χ4n) is 4.05. The molecule has 1 saturated heterocycles. The highest BCUT2D eigenvalue weighted by Gasteiger charge is 2.32. The normalized spacial score (nSPS) is 17.8. The number of aryl methyl sites for hydroxylation is 2. The maximum atomic E-state index is 10.9. The van der Waals surface area contributed by atoms with Crippen LogP contribution >= 0.6 is 11.3 Å². The average Bonchev–Trinajstić information content (AvgIpc) is 3.14. The molecule has 0 aliphatic carbocycles. The van der Waals surface area contributed by atoms with Gasteiger partial charge in [-0.05, 0) is 59.4 Å². The molecule has 1 aliphatic rings. The molecule has 6 nitrogen and oxygen atoms in total. The molecule has 0 bridgehead atoms. The van der Waals surface area contributed by atoms with Crippen LogP contribution in [-0.4, -0.2) is 62.7 Å². The lowest BCUT2D eigenvalue weighted by atomic mass is 9.97. The first-order valence-corrected chi connectivity index (χ1v) is 10.3. The molecule has 3 heterocycles. The Bertz CT molecular complexity index is 941. The number of aromatic hydroxyl groups is 1. The van der Waals surface area contributed by atoms with Crippen LogP contribution in [0.15, 0.2) is 24.3 Å². The van der Waals surface area contributed by atoms with Crippen LogP contribution in [0.3, 0.4) is 0 Å². The van der Waals surface area contributed by atoms with E-state index in [-0.39, 0.29) is 11.9 Å². The molecule has 4 rings (SSSR count). The van der Waals surface area contributed by atoms with Gasteiger partial charge in [0.05, 0.1) is 10.9 Å². The quantitative estimate of drug-likeness (QED) is 0.747. The third-order valence-corrected chi connectivity index (χ3v) is 6.66. The van der Waals surface area contributed by atoms with Crippen LogP contribution < -0.4 is 0 Å². The maximum Gasteiger partial charge on any atom is 0.230 e. The number of thiazole rings is 1. The second-order valence-corrected chi connectivity index (χ2v) is 8.67. The smallest absolute Gasteiger partial charge is 0.230 e. The lowest BCUT2D eigenvalue weighted by Crippen LogP contribution is -2.43. The molecular formula is C20H27N5OS. The third-order valence-electron chi connectivity index (χ3n) is 5.58. The number of rotatable bonds is 4. The first-order valence-electron chi connectivity index (χ1n) is 9.46. The number of fused-ring (bicyclic) bond motifs is 1. The van der Waals surface area contributed by atoms with Crippen molar-refractivity contribution in [2.75, 3.05) is 27.2 Å². The zero-order valence-corrected chi connectivity index (χ0v) is 17.2. The second-order valence-electron chi connectivity index (χ2n) is 7.66. The van der Waals surface area contributed by atoms with Crippen molar-refractivity contribution in [1.29, 1.82) is 0 Å². The number of hydrogen-bond acceptors (Lipinski definition) is 6. The van der Waals surface area contributed by atoms with Gasteiger partial charge in [-0.2, -0.15) is 4.52 Å². The van der Waals surface area contributed by atoms with Crippen LogP contribution in [0.5, 0.6) is 5.88 Å². The van der Waals surface area contributed by atoms with E-state index in [1.54, 1.807) is 4.52 Å². The number of piperidine rings is 1. The van der Waals surface area contributed by atoms with Crippen LogP contribution in [0.25, 0.3) is 4.96 Å². The Balaban J connectivity index is 1.77. The lowest BCUT2D eigenvalue weighted by Gasteiger charge is -2.39. The molecule has 7 heteroatoms. The van der Waals surface area contributed by atoms with Gasteiger partial charge in [-0.25, -0.2) is 4.98 Å². The van der Waals surface area contributed by atoms with Crippen LogP contribution in [-0.2, 0) is 0 Å². The summed E-state index contributed by atoms with van der Waals surface area (Å²) in [6.45, 7) is 6.18.